The van der Waals surface area contributed by atoms with Gasteiger partial charge in [-0.2, -0.15) is 0 Å². The van der Waals surface area contributed by atoms with Crippen LogP contribution in [-0.4, -0.2) is 47.4 Å². The average molecular weight is 266 g/mol. The first-order chi connectivity index (χ1) is 8.69. The van der Waals surface area contributed by atoms with Crippen molar-refractivity contribution in [2.24, 2.45) is 5.73 Å². The predicted molar refractivity (Wildman–Crippen MR) is 74.4 cm³/mol. The molecule has 3 N–H and O–H groups in total. The van der Waals surface area contributed by atoms with Gasteiger partial charge in [-0.3, -0.25) is 4.90 Å². The third-order valence-electron chi connectivity index (χ3n) is 3.07. The first-order valence-corrected chi connectivity index (χ1v) is 6.43. The summed E-state index contributed by atoms with van der Waals surface area (Å²) in [6.07, 6.45) is -0.0605. The summed E-state index contributed by atoms with van der Waals surface area (Å²) in [6, 6.07) is 7.97. The largest absolute Gasteiger partial charge is 0.394 e. The average Bonchev–Trinajstić information content (AvgIpc) is 2.39. The van der Waals surface area contributed by atoms with E-state index in [1.807, 2.05) is 24.3 Å². The molecular weight excluding hydrogens is 248 g/mol. The number of thiocarbonyl (C=S) groups is 1. The van der Waals surface area contributed by atoms with E-state index < -0.39 is 0 Å². The first kappa shape index (κ1) is 13.4. The van der Waals surface area contributed by atoms with Gasteiger partial charge in [0.2, 0.25) is 0 Å². The predicted octanol–water partition coefficient (Wildman–Crippen LogP) is 0.514. The van der Waals surface area contributed by atoms with Crippen LogP contribution in [0.5, 0.6) is 0 Å². The van der Waals surface area contributed by atoms with Crippen LogP contribution in [0.1, 0.15) is 11.1 Å². The molecule has 1 atom stereocenters. The quantitative estimate of drug-likeness (QED) is 0.778. The minimum Gasteiger partial charge on any atom is -0.394 e. The molecule has 0 bridgehead atoms. The smallest absolute Gasteiger partial charge is 0.103 e. The SMILES string of the molecule is NC(=S)c1ccc(CN2CCOC(CO)C2)cc1. The number of morpholine rings is 1. The second-order valence-corrected chi connectivity index (χ2v) is 4.91. The zero-order chi connectivity index (χ0) is 13.0. The van der Waals surface area contributed by atoms with E-state index >= 15 is 0 Å². The van der Waals surface area contributed by atoms with Crippen molar-refractivity contribution in [1.82, 2.24) is 4.90 Å². The number of aliphatic hydroxyl groups is 1. The highest BCUT2D eigenvalue weighted by molar-refractivity contribution is 7.80. The van der Waals surface area contributed by atoms with Gasteiger partial charge in [0.1, 0.15) is 4.99 Å². The molecule has 5 heteroatoms. The van der Waals surface area contributed by atoms with Gasteiger partial charge in [0, 0.05) is 25.2 Å². The van der Waals surface area contributed by atoms with Gasteiger partial charge in [0.15, 0.2) is 0 Å². The monoisotopic (exact) mass is 266 g/mol. The van der Waals surface area contributed by atoms with Crippen molar-refractivity contribution < 1.29 is 9.84 Å². The molecule has 0 saturated carbocycles. The molecule has 0 aromatic heterocycles. The number of aliphatic hydroxyl groups excluding tert-OH is 1. The van der Waals surface area contributed by atoms with Crippen molar-refractivity contribution in [1.29, 1.82) is 0 Å². The summed E-state index contributed by atoms with van der Waals surface area (Å²) in [5.74, 6) is 0. The second-order valence-electron chi connectivity index (χ2n) is 4.47. The number of nitrogens with zero attached hydrogens (tertiary/aromatic N) is 1. The maximum atomic E-state index is 9.09. The van der Waals surface area contributed by atoms with E-state index in [1.165, 1.54) is 5.56 Å². The topological polar surface area (TPSA) is 58.7 Å². The van der Waals surface area contributed by atoms with E-state index in [1.54, 1.807) is 0 Å². The molecule has 0 amide bonds. The first-order valence-electron chi connectivity index (χ1n) is 6.02. The molecule has 1 aromatic carbocycles. The maximum absolute atomic E-state index is 9.09. The molecule has 1 heterocycles. The molecule has 1 fully saturated rings. The highest BCUT2D eigenvalue weighted by Crippen LogP contribution is 2.11. The molecule has 1 saturated heterocycles. The van der Waals surface area contributed by atoms with E-state index in [2.05, 4.69) is 4.90 Å². The standard InChI is InChI=1S/C13H18N2O2S/c14-13(18)11-3-1-10(2-4-11)7-15-5-6-17-12(8-15)9-16/h1-4,12,16H,5-9H2,(H2,14,18). The fourth-order valence-electron chi connectivity index (χ4n) is 2.07. The van der Waals surface area contributed by atoms with Crippen molar-refractivity contribution in [2.45, 2.75) is 12.6 Å². The molecule has 0 aliphatic carbocycles. The Morgan fingerprint density at radius 2 is 2.17 bits per heavy atom. The van der Waals surface area contributed by atoms with Gasteiger partial charge in [0.05, 0.1) is 19.3 Å². The van der Waals surface area contributed by atoms with E-state index in [0.29, 0.717) is 11.6 Å². The zero-order valence-electron chi connectivity index (χ0n) is 10.2. The van der Waals surface area contributed by atoms with Crippen molar-refractivity contribution in [3.05, 3.63) is 35.4 Å². The minimum absolute atomic E-state index is 0.0605. The highest BCUT2D eigenvalue weighted by Gasteiger charge is 2.19. The van der Waals surface area contributed by atoms with E-state index in [9.17, 15) is 0 Å². The number of ether oxygens (including phenoxy) is 1. The van der Waals surface area contributed by atoms with Crippen LogP contribution in [0, 0.1) is 0 Å². The number of rotatable bonds is 4. The Morgan fingerprint density at radius 1 is 1.44 bits per heavy atom. The van der Waals surface area contributed by atoms with Crippen molar-refractivity contribution in [2.75, 3.05) is 26.3 Å². The van der Waals surface area contributed by atoms with E-state index in [-0.39, 0.29) is 12.7 Å². The van der Waals surface area contributed by atoms with Gasteiger partial charge in [-0.1, -0.05) is 36.5 Å². The molecule has 0 radical (unpaired) electrons. The number of hydrogen-bond acceptors (Lipinski definition) is 4. The molecule has 4 nitrogen and oxygen atoms in total. The van der Waals surface area contributed by atoms with Gasteiger partial charge < -0.3 is 15.6 Å². The molecule has 2 rings (SSSR count). The van der Waals surface area contributed by atoms with Crippen LogP contribution in [0.4, 0.5) is 0 Å². The lowest BCUT2D eigenvalue weighted by Gasteiger charge is -2.32. The number of benzene rings is 1. The summed E-state index contributed by atoms with van der Waals surface area (Å²) >= 11 is 4.92. The van der Waals surface area contributed by atoms with Gasteiger partial charge in [0.25, 0.3) is 0 Å². The van der Waals surface area contributed by atoms with Crippen LogP contribution in [0.3, 0.4) is 0 Å². The van der Waals surface area contributed by atoms with E-state index in [0.717, 1.165) is 25.2 Å². The molecule has 98 valence electrons. The lowest BCUT2D eigenvalue weighted by Crippen LogP contribution is -2.43. The maximum Gasteiger partial charge on any atom is 0.103 e. The van der Waals surface area contributed by atoms with Crippen molar-refractivity contribution in [3.63, 3.8) is 0 Å². The number of nitrogens with two attached hydrogens (primary N) is 1. The fourth-order valence-corrected chi connectivity index (χ4v) is 2.20. The molecule has 0 spiro atoms. The van der Waals surface area contributed by atoms with Crippen LogP contribution in [0.15, 0.2) is 24.3 Å². The Hall–Kier alpha value is -1.01. The van der Waals surface area contributed by atoms with Crippen molar-refractivity contribution in [3.8, 4) is 0 Å². The van der Waals surface area contributed by atoms with Crippen molar-refractivity contribution >= 4 is 17.2 Å². The summed E-state index contributed by atoms with van der Waals surface area (Å²) in [7, 11) is 0. The summed E-state index contributed by atoms with van der Waals surface area (Å²) in [5.41, 5.74) is 7.67. The molecule has 1 aromatic rings. The summed E-state index contributed by atoms with van der Waals surface area (Å²) < 4.78 is 5.42. The second kappa shape index (κ2) is 6.24. The summed E-state index contributed by atoms with van der Waals surface area (Å²) in [5, 5.41) is 9.09. The molecule has 1 unspecified atom stereocenters. The normalized spacial score (nSPS) is 20.8. The molecule has 18 heavy (non-hydrogen) atoms. The van der Waals surface area contributed by atoms with Crippen LogP contribution < -0.4 is 5.73 Å². The number of hydrogen-bond donors (Lipinski definition) is 2. The Kier molecular flexibility index (Phi) is 4.66. The van der Waals surface area contributed by atoms with Crippen LogP contribution in [-0.2, 0) is 11.3 Å². The van der Waals surface area contributed by atoms with Crippen LogP contribution in [0.2, 0.25) is 0 Å². The Morgan fingerprint density at radius 3 is 2.78 bits per heavy atom. The van der Waals surface area contributed by atoms with Gasteiger partial charge in [-0.25, -0.2) is 0 Å². The zero-order valence-corrected chi connectivity index (χ0v) is 11.0. The molecule has 1 aliphatic heterocycles. The van der Waals surface area contributed by atoms with Gasteiger partial charge in [-0.15, -0.1) is 0 Å². The highest BCUT2D eigenvalue weighted by atomic mass is 32.1. The third kappa shape index (κ3) is 3.49. The molecular formula is C13H18N2O2S. The minimum atomic E-state index is -0.0605. The third-order valence-corrected chi connectivity index (χ3v) is 3.31. The summed E-state index contributed by atoms with van der Waals surface area (Å²) in [4.78, 5) is 2.70. The molecule has 1 aliphatic rings. The summed E-state index contributed by atoms with van der Waals surface area (Å²) in [6.45, 7) is 3.28. The lowest BCUT2D eigenvalue weighted by atomic mass is 10.1. The van der Waals surface area contributed by atoms with Crippen LogP contribution in [0.25, 0.3) is 0 Å². The fraction of sp³-hybridized carbons (Fsp3) is 0.462. The van der Waals surface area contributed by atoms with Gasteiger partial charge in [-0.05, 0) is 5.56 Å². The van der Waals surface area contributed by atoms with Gasteiger partial charge >= 0.3 is 0 Å². The Labute approximate surface area is 112 Å². The lowest BCUT2D eigenvalue weighted by molar-refractivity contribution is -0.0551. The van der Waals surface area contributed by atoms with E-state index in [4.69, 9.17) is 27.8 Å². The van der Waals surface area contributed by atoms with Crippen LogP contribution >= 0.6 is 12.2 Å². The Bertz CT molecular complexity index is 408. The Balaban J connectivity index is 1.94.